The first kappa shape index (κ1) is 16.5. The lowest BCUT2D eigenvalue weighted by molar-refractivity contribution is -0.126. The SMILES string of the molecule is CCCCC1CCC(C(=O)NCCCN(C)C)CC1. The standard InChI is InChI=1S/C16H32N2O/c1-4-5-7-14-8-10-15(11-9-14)16(19)17-12-6-13-18(2)3/h14-15H,4-13H2,1-3H3,(H,17,19). The molecule has 0 aromatic rings. The van der Waals surface area contributed by atoms with Crippen LogP contribution in [0.3, 0.4) is 0 Å². The molecule has 1 rings (SSSR count). The zero-order chi connectivity index (χ0) is 14.1. The van der Waals surface area contributed by atoms with Crippen molar-refractivity contribution in [3.63, 3.8) is 0 Å². The van der Waals surface area contributed by atoms with Crippen LogP contribution in [-0.4, -0.2) is 38.0 Å². The molecular weight excluding hydrogens is 236 g/mol. The smallest absolute Gasteiger partial charge is 0.223 e. The van der Waals surface area contributed by atoms with Gasteiger partial charge < -0.3 is 10.2 Å². The summed E-state index contributed by atoms with van der Waals surface area (Å²) in [6.07, 6.45) is 9.80. The molecule has 0 bridgehead atoms. The second-order valence-electron chi connectivity index (χ2n) is 6.31. The van der Waals surface area contributed by atoms with E-state index >= 15 is 0 Å². The molecule has 0 aromatic heterocycles. The highest BCUT2D eigenvalue weighted by atomic mass is 16.1. The number of nitrogens with one attached hydrogen (secondary N) is 1. The Morgan fingerprint density at radius 3 is 2.42 bits per heavy atom. The maximum atomic E-state index is 12.0. The molecular formula is C16H32N2O. The van der Waals surface area contributed by atoms with E-state index < -0.39 is 0 Å². The van der Waals surface area contributed by atoms with Gasteiger partial charge in [-0.3, -0.25) is 4.79 Å². The Hall–Kier alpha value is -0.570. The van der Waals surface area contributed by atoms with Crippen LogP contribution >= 0.6 is 0 Å². The number of hydrogen-bond donors (Lipinski definition) is 1. The number of rotatable bonds is 8. The van der Waals surface area contributed by atoms with Crippen molar-refractivity contribution in [2.24, 2.45) is 11.8 Å². The largest absolute Gasteiger partial charge is 0.356 e. The minimum atomic E-state index is 0.289. The van der Waals surface area contributed by atoms with Crippen LogP contribution < -0.4 is 5.32 Å². The van der Waals surface area contributed by atoms with E-state index in [1.807, 2.05) is 0 Å². The van der Waals surface area contributed by atoms with Crippen molar-refractivity contribution >= 4 is 5.91 Å². The Balaban J connectivity index is 2.11. The van der Waals surface area contributed by atoms with Gasteiger partial charge in [0.2, 0.25) is 5.91 Å². The topological polar surface area (TPSA) is 32.3 Å². The summed E-state index contributed by atoms with van der Waals surface area (Å²) in [6, 6.07) is 0. The summed E-state index contributed by atoms with van der Waals surface area (Å²) in [7, 11) is 4.14. The second kappa shape index (κ2) is 9.35. The molecule has 0 unspecified atom stereocenters. The van der Waals surface area contributed by atoms with Crippen molar-refractivity contribution in [3.8, 4) is 0 Å². The fourth-order valence-corrected chi connectivity index (χ4v) is 2.96. The molecule has 0 radical (unpaired) electrons. The first-order valence-electron chi connectivity index (χ1n) is 8.06. The van der Waals surface area contributed by atoms with Crippen LogP contribution in [0.1, 0.15) is 58.3 Å². The molecule has 3 nitrogen and oxygen atoms in total. The normalized spacial score (nSPS) is 23.6. The van der Waals surface area contributed by atoms with Gasteiger partial charge in [-0.2, -0.15) is 0 Å². The van der Waals surface area contributed by atoms with Gasteiger partial charge in [0.1, 0.15) is 0 Å². The fourth-order valence-electron chi connectivity index (χ4n) is 2.96. The molecule has 0 spiro atoms. The third-order valence-corrected chi connectivity index (χ3v) is 4.26. The quantitative estimate of drug-likeness (QED) is 0.686. The molecule has 0 saturated heterocycles. The Morgan fingerprint density at radius 2 is 1.84 bits per heavy atom. The van der Waals surface area contributed by atoms with Crippen molar-refractivity contribution in [3.05, 3.63) is 0 Å². The lowest BCUT2D eigenvalue weighted by Crippen LogP contribution is -2.34. The number of carbonyl (C=O) groups excluding carboxylic acids is 1. The summed E-state index contributed by atoms with van der Waals surface area (Å²) in [6.45, 7) is 4.13. The monoisotopic (exact) mass is 268 g/mol. The Labute approximate surface area is 119 Å². The summed E-state index contributed by atoms with van der Waals surface area (Å²) in [5, 5.41) is 3.10. The van der Waals surface area contributed by atoms with E-state index in [9.17, 15) is 4.79 Å². The molecule has 1 aliphatic rings. The Morgan fingerprint density at radius 1 is 1.16 bits per heavy atom. The lowest BCUT2D eigenvalue weighted by Gasteiger charge is -2.27. The van der Waals surface area contributed by atoms with E-state index in [0.29, 0.717) is 5.91 Å². The minimum Gasteiger partial charge on any atom is -0.356 e. The van der Waals surface area contributed by atoms with Gasteiger partial charge in [-0.1, -0.05) is 26.2 Å². The zero-order valence-corrected chi connectivity index (χ0v) is 13.1. The maximum absolute atomic E-state index is 12.0. The summed E-state index contributed by atoms with van der Waals surface area (Å²) >= 11 is 0. The highest BCUT2D eigenvalue weighted by Gasteiger charge is 2.25. The van der Waals surface area contributed by atoms with Crippen LogP contribution in [0, 0.1) is 11.8 Å². The average molecular weight is 268 g/mol. The predicted octanol–water partition coefficient (Wildman–Crippen LogP) is 3.05. The number of amides is 1. The first-order valence-corrected chi connectivity index (χ1v) is 8.06. The second-order valence-corrected chi connectivity index (χ2v) is 6.31. The Bertz CT molecular complexity index is 245. The lowest BCUT2D eigenvalue weighted by atomic mass is 9.79. The molecule has 0 aromatic carbocycles. The van der Waals surface area contributed by atoms with E-state index in [-0.39, 0.29) is 5.92 Å². The van der Waals surface area contributed by atoms with E-state index in [1.54, 1.807) is 0 Å². The van der Waals surface area contributed by atoms with E-state index in [2.05, 4.69) is 31.2 Å². The minimum absolute atomic E-state index is 0.289. The molecule has 1 amide bonds. The molecule has 3 heteroatoms. The van der Waals surface area contributed by atoms with E-state index in [1.165, 1.54) is 32.1 Å². The summed E-state index contributed by atoms with van der Waals surface area (Å²) in [5.41, 5.74) is 0. The Kier molecular flexibility index (Phi) is 8.11. The van der Waals surface area contributed by atoms with E-state index in [4.69, 9.17) is 0 Å². The third-order valence-electron chi connectivity index (χ3n) is 4.26. The molecule has 1 aliphatic carbocycles. The van der Waals surface area contributed by atoms with Crippen molar-refractivity contribution < 1.29 is 4.79 Å². The van der Waals surface area contributed by atoms with Crippen molar-refractivity contribution in [2.45, 2.75) is 58.3 Å². The average Bonchev–Trinajstić information content (AvgIpc) is 2.41. The van der Waals surface area contributed by atoms with Crippen LogP contribution in [0.5, 0.6) is 0 Å². The van der Waals surface area contributed by atoms with Crippen LogP contribution in [0.15, 0.2) is 0 Å². The molecule has 1 saturated carbocycles. The third kappa shape index (κ3) is 6.95. The summed E-state index contributed by atoms with van der Waals surface area (Å²) < 4.78 is 0. The predicted molar refractivity (Wildman–Crippen MR) is 81.2 cm³/mol. The number of nitrogens with zero attached hydrogens (tertiary/aromatic N) is 1. The van der Waals surface area contributed by atoms with Gasteiger partial charge in [0.15, 0.2) is 0 Å². The van der Waals surface area contributed by atoms with Crippen LogP contribution in [-0.2, 0) is 4.79 Å². The molecule has 1 fully saturated rings. The van der Waals surface area contributed by atoms with Crippen LogP contribution in [0.2, 0.25) is 0 Å². The van der Waals surface area contributed by atoms with Gasteiger partial charge in [-0.25, -0.2) is 0 Å². The molecule has 19 heavy (non-hydrogen) atoms. The molecule has 1 N–H and O–H groups in total. The fraction of sp³-hybridized carbons (Fsp3) is 0.938. The molecule has 0 aliphatic heterocycles. The van der Waals surface area contributed by atoms with Gasteiger partial charge in [-0.15, -0.1) is 0 Å². The maximum Gasteiger partial charge on any atom is 0.223 e. The van der Waals surface area contributed by atoms with Crippen LogP contribution in [0.25, 0.3) is 0 Å². The van der Waals surface area contributed by atoms with Crippen molar-refractivity contribution in [1.29, 1.82) is 0 Å². The van der Waals surface area contributed by atoms with Gasteiger partial charge >= 0.3 is 0 Å². The molecule has 112 valence electrons. The van der Waals surface area contributed by atoms with Gasteiger partial charge in [0.05, 0.1) is 0 Å². The highest BCUT2D eigenvalue weighted by molar-refractivity contribution is 5.78. The number of carbonyl (C=O) groups is 1. The summed E-state index contributed by atoms with van der Waals surface area (Å²) in [5.74, 6) is 1.47. The highest BCUT2D eigenvalue weighted by Crippen LogP contribution is 2.31. The van der Waals surface area contributed by atoms with Gasteiger partial charge in [-0.05, 0) is 58.7 Å². The summed E-state index contributed by atoms with van der Waals surface area (Å²) in [4.78, 5) is 14.2. The first-order chi connectivity index (χ1) is 9.13. The van der Waals surface area contributed by atoms with Crippen LogP contribution in [0.4, 0.5) is 0 Å². The molecule has 0 atom stereocenters. The zero-order valence-electron chi connectivity index (χ0n) is 13.1. The number of hydrogen-bond acceptors (Lipinski definition) is 2. The van der Waals surface area contributed by atoms with Crippen molar-refractivity contribution in [2.75, 3.05) is 27.2 Å². The molecule has 0 heterocycles. The van der Waals surface area contributed by atoms with Gasteiger partial charge in [0, 0.05) is 12.5 Å². The van der Waals surface area contributed by atoms with Gasteiger partial charge in [0.25, 0.3) is 0 Å². The van der Waals surface area contributed by atoms with Crippen molar-refractivity contribution in [1.82, 2.24) is 10.2 Å². The number of unbranched alkanes of at least 4 members (excludes halogenated alkanes) is 1. The van der Waals surface area contributed by atoms with E-state index in [0.717, 1.165) is 38.3 Å².